The standard InChI is InChI=1S/C18H23N3O4/c1-13-10-15(19-25-13)12-20-6-8-21(9-7-20)18(22)14-4-5-16(23-2)17(11-14)24-3/h4-5,10-11H,6-9,12H2,1-3H3. The summed E-state index contributed by atoms with van der Waals surface area (Å²) in [6.07, 6.45) is 0. The number of nitrogens with zero attached hydrogens (tertiary/aromatic N) is 3. The van der Waals surface area contributed by atoms with Crippen LogP contribution in [0.25, 0.3) is 0 Å². The molecule has 3 rings (SSSR count). The molecule has 1 aliphatic heterocycles. The normalized spacial score (nSPS) is 15.2. The minimum Gasteiger partial charge on any atom is -0.493 e. The molecule has 1 aromatic heterocycles. The third-order valence-electron chi connectivity index (χ3n) is 4.35. The number of benzene rings is 1. The molecule has 0 aliphatic carbocycles. The number of aryl methyl sites for hydroxylation is 1. The van der Waals surface area contributed by atoms with Crippen LogP contribution in [0.2, 0.25) is 0 Å². The molecule has 0 spiro atoms. The van der Waals surface area contributed by atoms with Gasteiger partial charge in [0.05, 0.1) is 19.9 Å². The van der Waals surface area contributed by atoms with Gasteiger partial charge in [0, 0.05) is 44.4 Å². The summed E-state index contributed by atoms with van der Waals surface area (Å²) < 4.78 is 15.6. The Balaban J connectivity index is 1.59. The van der Waals surface area contributed by atoms with Crippen LogP contribution in [-0.2, 0) is 6.54 Å². The van der Waals surface area contributed by atoms with Crippen LogP contribution in [-0.4, -0.2) is 61.3 Å². The quantitative estimate of drug-likeness (QED) is 0.825. The highest BCUT2D eigenvalue weighted by Crippen LogP contribution is 2.28. The Morgan fingerprint density at radius 3 is 2.44 bits per heavy atom. The summed E-state index contributed by atoms with van der Waals surface area (Å²) in [4.78, 5) is 16.9. The molecule has 1 aromatic carbocycles. The lowest BCUT2D eigenvalue weighted by atomic mass is 10.1. The number of amides is 1. The minimum absolute atomic E-state index is 0.0119. The van der Waals surface area contributed by atoms with Crippen LogP contribution in [0, 0.1) is 6.92 Å². The van der Waals surface area contributed by atoms with Gasteiger partial charge in [0.1, 0.15) is 5.76 Å². The van der Waals surface area contributed by atoms with Gasteiger partial charge in [-0.05, 0) is 25.1 Å². The highest BCUT2D eigenvalue weighted by atomic mass is 16.5. The number of carbonyl (C=O) groups is 1. The van der Waals surface area contributed by atoms with Gasteiger partial charge in [-0.25, -0.2) is 0 Å². The zero-order chi connectivity index (χ0) is 17.8. The maximum atomic E-state index is 12.7. The van der Waals surface area contributed by atoms with Crippen LogP contribution in [0.15, 0.2) is 28.8 Å². The lowest BCUT2D eigenvalue weighted by molar-refractivity contribution is 0.0625. The molecule has 1 aliphatic rings. The maximum absolute atomic E-state index is 12.7. The molecule has 25 heavy (non-hydrogen) atoms. The van der Waals surface area contributed by atoms with Crippen molar-refractivity contribution in [2.45, 2.75) is 13.5 Å². The summed E-state index contributed by atoms with van der Waals surface area (Å²) in [6, 6.07) is 7.20. The molecule has 134 valence electrons. The molecule has 0 bridgehead atoms. The molecule has 2 aromatic rings. The Morgan fingerprint density at radius 2 is 1.84 bits per heavy atom. The molecule has 0 radical (unpaired) electrons. The fraction of sp³-hybridized carbons (Fsp3) is 0.444. The van der Waals surface area contributed by atoms with E-state index in [0.717, 1.165) is 31.1 Å². The van der Waals surface area contributed by atoms with Crippen LogP contribution in [0.3, 0.4) is 0 Å². The third kappa shape index (κ3) is 3.93. The number of carbonyl (C=O) groups excluding carboxylic acids is 1. The number of hydrogen-bond donors (Lipinski definition) is 0. The zero-order valence-electron chi connectivity index (χ0n) is 14.8. The summed E-state index contributed by atoms with van der Waals surface area (Å²) in [5.74, 6) is 2.01. The van der Waals surface area contributed by atoms with E-state index >= 15 is 0 Å². The minimum atomic E-state index is 0.0119. The second-order valence-electron chi connectivity index (χ2n) is 6.07. The van der Waals surface area contributed by atoms with Gasteiger partial charge in [-0.15, -0.1) is 0 Å². The Kier molecular flexibility index (Phi) is 5.23. The SMILES string of the molecule is COc1ccc(C(=O)N2CCN(Cc3cc(C)on3)CC2)cc1OC. The fourth-order valence-electron chi connectivity index (χ4n) is 2.98. The van der Waals surface area contributed by atoms with Crippen molar-refractivity contribution >= 4 is 5.91 Å². The molecule has 7 nitrogen and oxygen atoms in total. The summed E-state index contributed by atoms with van der Waals surface area (Å²) in [7, 11) is 3.14. The van der Waals surface area contributed by atoms with Gasteiger partial charge < -0.3 is 18.9 Å². The number of methoxy groups -OCH3 is 2. The van der Waals surface area contributed by atoms with Crippen molar-refractivity contribution in [2.24, 2.45) is 0 Å². The highest BCUT2D eigenvalue weighted by molar-refractivity contribution is 5.95. The van der Waals surface area contributed by atoms with Gasteiger partial charge in [0.25, 0.3) is 5.91 Å². The van der Waals surface area contributed by atoms with E-state index in [4.69, 9.17) is 14.0 Å². The van der Waals surface area contributed by atoms with Crippen LogP contribution in [0.4, 0.5) is 0 Å². The van der Waals surface area contributed by atoms with Crippen molar-refractivity contribution in [1.29, 1.82) is 0 Å². The second-order valence-corrected chi connectivity index (χ2v) is 6.07. The van der Waals surface area contributed by atoms with Crippen molar-refractivity contribution in [2.75, 3.05) is 40.4 Å². The number of ether oxygens (including phenoxy) is 2. The Hall–Kier alpha value is -2.54. The van der Waals surface area contributed by atoms with E-state index < -0.39 is 0 Å². The van der Waals surface area contributed by atoms with E-state index in [1.54, 1.807) is 32.4 Å². The molecule has 0 unspecified atom stereocenters. The molecule has 0 atom stereocenters. The van der Waals surface area contributed by atoms with Crippen LogP contribution in [0.5, 0.6) is 11.5 Å². The molecule has 1 fully saturated rings. The first-order valence-electron chi connectivity index (χ1n) is 8.26. The van der Waals surface area contributed by atoms with Gasteiger partial charge in [0.15, 0.2) is 11.5 Å². The van der Waals surface area contributed by atoms with Gasteiger partial charge in [-0.1, -0.05) is 5.16 Å². The summed E-state index contributed by atoms with van der Waals surface area (Å²) in [5, 5.41) is 4.02. The van der Waals surface area contributed by atoms with E-state index in [-0.39, 0.29) is 5.91 Å². The first kappa shape index (κ1) is 17.3. The maximum Gasteiger partial charge on any atom is 0.254 e. The van der Waals surface area contributed by atoms with E-state index in [1.807, 2.05) is 17.9 Å². The van der Waals surface area contributed by atoms with E-state index in [0.29, 0.717) is 30.2 Å². The topological polar surface area (TPSA) is 68.0 Å². The van der Waals surface area contributed by atoms with Crippen molar-refractivity contribution in [3.63, 3.8) is 0 Å². The first-order valence-corrected chi connectivity index (χ1v) is 8.26. The molecule has 7 heteroatoms. The number of hydrogen-bond acceptors (Lipinski definition) is 6. The largest absolute Gasteiger partial charge is 0.493 e. The van der Waals surface area contributed by atoms with Crippen molar-refractivity contribution in [3.8, 4) is 11.5 Å². The lowest BCUT2D eigenvalue weighted by Gasteiger charge is -2.34. The second kappa shape index (κ2) is 7.57. The fourth-order valence-corrected chi connectivity index (χ4v) is 2.98. The van der Waals surface area contributed by atoms with E-state index in [2.05, 4.69) is 10.1 Å². The lowest BCUT2D eigenvalue weighted by Crippen LogP contribution is -2.48. The Bertz CT molecular complexity index is 736. The summed E-state index contributed by atoms with van der Waals surface area (Å²) >= 11 is 0. The van der Waals surface area contributed by atoms with E-state index in [1.165, 1.54) is 0 Å². The van der Waals surface area contributed by atoms with Crippen molar-refractivity contribution < 1.29 is 18.8 Å². The number of piperazine rings is 1. The zero-order valence-corrected chi connectivity index (χ0v) is 14.8. The molecule has 2 heterocycles. The molecule has 0 saturated carbocycles. The molecule has 0 N–H and O–H groups in total. The van der Waals surface area contributed by atoms with Crippen LogP contribution >= 0.6 is 0 Å². The Morgan fingerprint density at radius 1 is 1.12 bits per heavy atom. The average molecular weight is 345 g/mol. The summed E-state index contributed by atoms with van der Waals surface area (Å²) in [6.45, 7) is 5.62. The van der Waals surface area contributed by atoms with Crippen molar-refractivity contribution in [3.05, 3.63) is 41.3 Å². The molecule has 1 amide bonds. The van der Waals surface area contributed by atoms with E-state index in [9.17, 15) is 4.79 Å². The molecular weight excluding hydrogens is 322 g/mol. The average Bonchev–Trinajstić information content (AvgIpc) is 3.06. The summed E-state index contributed by atoms with van der Waals surface area (Å²) in [5.41, 5.74) is 1.54. The number of rotatable bonds is 5. The monoisotopic (exact) mass is 345 g/mol. The van der Waals surface area contributed by atoms with Gasteiger partial charge in [-0.2, -0.15) is 0 Å². The molecular formula is C18H23N3O4. The highest BCUT2D eigenvalue weighted by Gasteiger charge is 2.23. The van der Waals surface area contributed by atoms with Gasteiger partial charge >= 0.3 is 0 Å². The van der Waals surface area contributed by atoms with Crippen LogP contribution in [0.1, 0.15) is 21.8 Å². The third-order valence-corrected chi connectivity index (χ3v) is 4.35. The first-order chi connectivity index (χ1) is 12.1. The predicted molar refractivity (Wildman–Crippen MR) is 92.0 cm³/mol. The van der Waals surface area contributed by atoms with Gasteiger partial charge in [-0.3, -0.25) is 9.69 Å². The number of aromatic nitrogens is 1. The van der Waals surface area contributed by atoms with Crippen molar-refractivity contribution in [1.82, 2.24) is 15.0 Å². The molecule has 1 saturated heterocycles. The van der Waals surface area contributed by atoms with Crippen LogP contribution < -0.4 is 9.47 Å². The van der Waals surface area contributed by atoms with Gasteiger partial charge in [0.2, 0.25) is 0 Å². The predicted octanol–water partition coefficient (Wildman–Crippen LogP) is 1.96. The smallest absolute Gasteiger partial charge is 0.254 e. The Labute approximate surface area is 147 Å².